The van der Waals surface area contributed by atoms with E-state index in [9.17, 15) is 4.79 Å². The molecule has 1 aliphatic carbocycles. The molecule has 136 valence electrons. The number of carbonyl (C=O) groups excluding carboxylic acids is 1. The number of ether oxygens (including phenoxy) is 1. The van der Waals surface area contributed by atoms with Gasteiger partial charge in [0.15, 0.2) is 0 Å². The lowest BCUT2D eigenvalue weighted by Gasteiger charge is -2.27. The van der Waals surface area contributed by atoms with E-state index >= 15 is 0 Å². The molecule has 4 nitrogen and oxygen atoms in total. The minimum atomic E-state index is 0.0182. The monoisotopic (exact) mass is 350 g/mol. The second kappa shape index (κ2) is 8.02. The van der Waals surface area contributed by atoms with E-state index in [0.717, 1.165) is 57.7 Å². The van der Waals surface area contributed by atoms with Crippen molar-refractivity contribution in [1.82, 2.24) is 10.2 Å². The molecule has 2 aromatic carbocycles. The van der Waals surface area contributed by atoms with Gasteiger partial charge in [-0.05, 0) is 48.1 Å². The van der Waals surface area contributed by atoms with Gasteiger partial charge in [0.2, 0.25) is 0 Å². The highest BCUT2D eigenvalue weighted by molar-refractivity contribution is 5.94. The Kier molecular flexibility index (Phi) is 5.32. The fraction of sp³-hybridized carbons (Fsp3) is 0.409. The molecule has 0 aromatic heterocycles. The molecule has 4 heteroatoms. The zero-order valence-corrected chi connectivity index (χ0v) is 15.1. The van der Waals surface area contributed by atoms with Gasteiger partial charge in [0.1, 0.15) is 0 Å². The van der Waals surface area contributed by atoms with Gasteiger partial charge < -0.3 is 10.1 Å². The fourth-order valence-corrected chi connectivity index (χ4v) is 3.92. The Morgan fingerprint density at radius 2 is 1.85 bits per heavy atom. The lowest BCUT2D eigenvalue weighted by molar-refractivity contribution is 0.0342. The van der Waals surface area contributed by atoms with E-state index < -0.39 is 0 Å². The summed E-state index contributed by atoms with van der Waals surface area (Å²) >= 11 is 0. The number of morpholine rings is 1. The number of carbonyl (C=O) groups is 1. The molecule has 1 heterocycles. The third-order valence-electron chi connectivity index (χ3n) is 5.40. The van der Waals surface area contributed by atoms with E-state index in [1.165, 1.54) is 16.7 Å². The standard InChI is InChI=1S/C22H26N2O2/c25-22(23-21-7-3-5-18-4-1-2-6-20(18)21)19-10-8-17(9-11-19)16-24-12-14-26-15-13-24/h1-2,4,6,8-11,21H,3,5,7,12-16H2,(H,23,25)/t21-/m1/s1. The zero-order valence-electron chi connectivity index (χ0n) is 15.1. The van der Waals surface area contributed by atoms with Crippen molar-refractivity contribution in [1.29, 1.82) is 0 Å². The van der Waals surface area contributed by atoms with Gasteiger partial charge in [0, 0.05) is 25.2 Å². The van der Waals surface area contributed by atoms with Gasteiger partial charge in [-0.3, -0.25) is 9.69 Å². The predicted molar refractivity (Wildman–Crippen MR) is 102 cm³/mol. The number of benzene rings is 2. The van der Waals surface area contributed by atoms with Crippen LogP contribution in [0.25, 0.3) is 0 Å². The van der Waals surface area contributed by atoms with Gasteiger partial charge >= 0.3 is 0 Å². The van der Waals surface area contributed by atoms with Crippen molar-refractivity contribution in [2.45, 2.75) is 31.8 Å². The molecule has 1 saturated heterocycles. The number of fused-ring (bicyclic) bond motifs is 1. The van der Waals surface area contributed by atoms with Crippen molar-refractivity contribution in [3.05, 3.63) is 70.8 Å². The molecule has 0 bridgehead atoms. The van der Waals surface area contributed by atoms with E-state index in [1.54, 1.807) is 0 Å². The average molecular weight is 350 g/mol. The minimum absolute atomic E-state index is 0.0182. The maximum Gasteiger partial charge on any atom is 0.251 e. The average Bonchev–Trinajstić information content (AvgIpc) is 2.70. The first-order chi connectivity index (χ1) is 12.8. The Bertz CT molecular complexity index is 751. The fourth-order valence-electron chi connectivity index (χ4n) is 3.92. The smallest absolute Gasteiger partial charge is 0.251 e. The van der Waals surface area contributed by atoms with Crippen LogP contribution >= 0.6 is 0 Å². The van der Waals surface area contributed by atoms with Crippen LogP contribution in [-0.2, 0) is 17.7 Å². The number of amides is 1. The Balaban J connectivity index is 1.39. The number of nitrogens with zero attached hydrogens (tertiary/aromatic N) is 1. The van der Waals surface area contributed by atoms with Gasteiger partial charge in [-0.15, -0.1) is 0 Å². The van der Waals surface area contributed by atoms with E-state index in [4.69, 9.17) is 4.74 Å². The molecule has 2 aromatic rings. The molecule has 0 saturated carbocycles. The van der Waals surface area contributed by atoms with Crippen LogP contribution in [0.4, 0.5) is 0 Å². The summed E-state index contributed by atoms with van der Waals surface area (Å²) in [4.78, 5) is 15.1. The van der Waals surface area contributed by atoms with Crippen molar-refractivity contribution in [2.24, 2.45) is 0 Å². The number of rotatable bonds is 4. The molecule has 1 N–H and O–H groups in total. The van der Waals surface area contributed by atoms with Crippen LogP contribution in [0.2, 0.25) is 0 Å². The van der Waals surface area contributed by atoms with Crippen molar-refractivity contribution < 1.29 is 9.53 Å². The van der Waals surface area contributed by atoms with E-state index in [1.807, 2.05) is 12.1 Å². The van der Waals surface area contributed by atoms with E-state index in [0.29, 0.717) is 0 Å². The van der Waals surface area contributed by atoms with E-state index in [2.05, 4.69) is 46.6 Å². The predicted octanol–water partition coefficient (Wildman–Crippen LogP) is 3.33. The van der Waals surface area contributed by atoms with Crippen molar-refractivity contribution >= 4 is 5.91 Å². The molecular formula is C22H26N2O2. The SMILES string of the molecule is O=C(N[C@@H]1CCCc2ccccc21)c1ccc(CN2CCOCC2)cc1. The first kappa shape index (κ1) is 17.3. The topological polar surface area (TPSA) is 41.6 Å². The number of aryl methyl sites for hydroxylation is 1. The first-order valence-corrected chi connectivity index (χ1v) is 9.57. The molecule has 0 spiro atoms. The summed E-state index contributed by atoms with van der Waals surface area (Å²) in [7, 11) is 0. The van der Waals surface area contributed by atoms with E-state index in [-0.39, 0.29) is 11.9 Å². The van der Waals surface area contributed by atoms with Crippen LogP contribution in [0.1, 0.15) is 45.9 Å². The maximum absolute atomic E-state index is 12.7. The summed E-state index contributed by atoms with van der Waals surface area (Å²) in [5.74, 6) is 0.0182. The summed E-state index contributed by atoms with van der Waals surface area (Å²) in [5, 5.41) is 3.23. The Morgan fingerprint density at radius 1 is 1.08 bits per heavy atom. The Hall–Kier alpha value is -2.17. The number of hydrogen-bond acceptors (Lipinski definition) is 3. The van der Waals surface area contributed by atoms with Crippen LogP contribution < -0.4 is 5.32 Å². The zero-order chi connectivity index (χ0) is 17.8. The van der Waals surface area contributed by atoms with Crippen LogP contribution in [-0.4, -0.2) is 37.1 Å². The Morgan fingerprint density at radius 3 is 2.65 bits per heavy atom. The minimum Gasteiger partial charge on any atom is -0.379 e. The molecule has 2 aliphatic rings. The lowest BCUT2D eigenvalue weighted by atomic mass is 9.87. The molecule has 0 radical (unpaired) electrons. The summed E-state index contributed by atoms with van der Waals surface area (Å²) < 4.78 is 5.39. The molecule has 26 heavy (non-hydrogen) atoms. The molecule has 1 atom stereocenters. The van der Waals surface area contributed by atoms with Crippen LogP contribution in [0, 0.1) is 0 Å². The van der Waals surface area contributed by atoms with Crippen LogP contribution in [0.3, 0.4) is 0 Å². The van der Waals surface area contributed by atoms with Crippen LogP contribution in [0.5, 0.6) is 0 Å². The molecule has 1 amide bonds. The third kappa shape index (κ3) is 3.97. The largest absolute Gasteiger partial charge is 0.379 e. The van der Waals surface area contributed by atoms with Gasteiger partial charge in [0.05, 0.1) is 19.3 Å². The second-order valence-corrected chi connectivity index (χ2v) is 7.20. The highest BCUT2D eigenvalue weighted by Gasteiger charge is 2.21. The molecule has 0 unspecified atom stereocenters. The normalized spacial score (nSPS) is 20.4. The summed E-state index contributed by atoms with van der Waals surface area (Å²) in [6.07, 6.45) is 3.25. The van der Waals surface area contributed by atoms with Crippen molar-refractivity contribution in [2.75, 3.05) is 26.3 Å². The van der Waals surface area contributed by atoms with Crippen LogP contribution in [0.15, 0.2) is 48.5 Å². The first-order valence-electron chi connectivity index (χ1n) is 9.57. The summed E-state index contributed by atoms with van der Waals surface area (Å²) in [5.41, 5.74) is 4.62. The van der Waals surface area contributed by atoms with Gasteiger partial charge in [-0.1, -0.05) is 36.4 Å². The Labute approximate surface area is 155 Å². The number of nitrogens with one attached hydrogen (secondary N) is 1. The highest BCUT2D eigenvalue weighted by Crippen LogP contribution is 2.29. The molecular weight excluding hydrogens is 324 g/mol. The quantitative estimate of drug-likeness (QED) is 0.920. The summed E-state index contributed by atoms with van der Waals surface area (Å²) in [6, 6.07) is 16.6. The summed E-state index contributed by atoms with van der Waals surface area (Å²) in [6.45, 7) is 4.49. The molecule has 4 rings (SSSR count). The maximum atomic E-state index is 12.7. The van der Waals surface area contributed by atoms with Crippen molar-refractivity contribution in [3.63, 3.8) is 0 Å². The highest BCUT2D eigenvalue weighted by atomic mass is 16.5. The van der Waals surface area contributed by atoms with Gasteiger partial charge in [0.25, 0.3) is 5.91 Å². The van der Waals surface area contributed by atoms with Gasteiger partial charge in [-0.2, -0.15) is 0 Å². The third-order valence-corrected chi connectivity index (χ3v) is 5.40. The molecule has 1 fully saturated rings. The van der Waals surface area contributed by atoms with Gasteiger partial charge in [-0.25, -0.2) is 0 Å². The lowest BCUT2D eigenvalue weighted by Crippen LogP contribution is -2.35. The van der Waals surface area contributed by atoms with Crippen molar-refractivity contribution in [3.8, 4) is 0 Å². The second-order valence-electron chi connectivity index (χ2n) is 7.20. The number of hydrogen-bond donors (Lipinski definition) is 1. The molecule has 1 aliphatic heterocycles.